The predicted molar refractivity (Wildman–Crippen MR) is 281 cm³/mol. The third-order valence-corrected chi connectivity index (χ3v) is 15.3. The molecular weight excluding hydrogens is 1030 g/mol. The average Bonchev–Trinajstić information content (AvgIpc) is 3.84. The first-order chi connectivity index (χ1) is 34.2. The molecule has 1 aliphatic rings. The Labute approximate surface area is 442 Å². The highest BCUT2D eigenvalue weighted by molar-refractivity contribution is 9.12. The zero-order valence-electron chi connectivity index (χ0n) is 44.7. The maximum atomic E-state index is 14.4. The summed E-state index contributed by atoms with van der Waals surface area (Å²) in [6, 6.07) is 3.63. The molecule has 3 rings (SSSR count). The molecule has 4 N–H and O–H groups in total. The number of fused-ring (bicyclic) bond motifs is 1. The standard InChI is InChI=1S/C52H76BrN7O12S/c1-14-30(4)36(26-42(62)52(8,9)59(10)11)50(68)60(12)39(29(2)3)27-41(71-33(7)61)49-58-38(28-73-49)47(66)56-35(23-31(5)51(69)70-13)24-34-19-20-40-37(25-34)57-43(63)17-15-21-55-48(67)45(53)32(6)46(65)54-22-16-18-44(64)72-40/h19-20,25,28-31,35-36,39,41H,14-18,21-24,26-27H2,1-13H3,(H,54,65)(H,55,67)(H,56,66)(H,57,63)/b45-32+/t30-,31?,35+,36-,39+,41+/m0/s1. The molecule has 2 aromatic rings. The molecule has 0 aliphatic carbocycles. The lowest BCUT2D eigenvalue weighted by molar-refractivity contribution is -0.150. The molecule has 1 aromatic heterocycles. The van der Waals surface area contributed by atoms with Gasteiger partial charge in [-0.1, -0.05) is 47.1 Å². The van der Waals surface area contributed by atoms with Crippen LogP contribution in [0.2, 0.25) is 0 Å². The maximum Gasteiger partial charge on any atom is 0.311 e. The first-order valence-electron chi connectivity index (χ1n) is 24.8. The molecule has 0 bridgehead atoms. The van der Waals surface area contributed by atoms with E-state index in [0.29, 0.717) is 17.0 Å². The molecule has 1 aromatic carbocycles. The van der Waals surface area contributed by atoms with Crippen LogP contribution in [0, 0.1) is 23.7 Å². The van der Waals surface area contributed by atoms with E-state index in [4.69, 9.17) is 14.2 Å². The summed E-state index contributed by atoms with van der Waals surface area (Å²) in [5.74, 6) is -5.36. The first-order valence-corrected chi connectivity index (χ1v) is 26.4. The number of likely N-dealkylation sites (N-methyl/N-ethyl adjacent to an activating group) is 1. The molecule has 0 saturated carbocycles. The number of methoxy groups -OCH3 is 1. The molecule has 1 aliphatic heterocycles. The lowest BCUT2D eigenvalue weighted by Crippen LogP contribution is -2.50. The number of anilines is 1. The van der Waals surface area contributed by atoms with Crippen molar-refractivity contribution < 1.29 is 57.4 Å². The molecule has 0 saturated heterocycles. The molecule has 1 unspecified atom stereocenters. The second kappa shape index (κ2) is 28.8. The van der Waals surface area contributed by atoms with Crippen LogP contribution in [0.25, 0.3) is 0 Å². The normalized spacial score (nSPS) is 18.0. The molecule has 0 radical (unpaired) electrons. The molecule has 19 nitrogen and oxygen atoms in total. The quantitative estimate of drug-likeness (QED) is 0.0823. The fourth-order valence-electron chi connectivity index (χ4n) is 8.08. The van der Waals surface area contributed by atoms with Crippen molar-refractivity contribution >= 4 is 86.2 Å². The highest BCUT2D eigenvalue weighted by atomic mass is 79.9. The number of rotatable bonds is 20. The highest BCUT2D eigenvalue weighted by Crippen LogP contribution is 2.34. The summed E-state index contributed by atoms with van der Waals surface area (Å²) in [4.78, 5) is 127. The number of nitrogens with zero attached hydrogens (tertiary/aromatic N) is 3. The van der Waals surface area contributed by atoms with Gasteiger partial charge in [0.2, 0.25) is 17.7 Å². The average molecular weight is 1100 g/mol. The number of esters is 3. The van der Waals surface area contributed by atoms with Gasteiger partial charge in [0.1, 0.15) is 10.7 Å². The first kappa shape index (κ1) is 61.8. The number of benzene rings is 1. The summed E-state index contributed by atoms with van der Waals surface area (Å²) in [6.07, 6.45) is 0.600. The maximum absolute atomic E-state index is 14.4. The molecule has 21 heteroatoms. The van der Waals surface area contributed by atoms with Gasteiger partial charge in [-0.2, -0.15) is 0 Å². The van der Waals surface area contributed by atoms with E-state index in [-0.39, 0.29) is 115 Å². The van der Waals surface area contributed by atoms with Crippen LogP contribution in [0.15, 0.2) is 33.6 Å². The Kier molecular flexibility index (Phi) is 24.4. The van der Waals surface area contributed by atoms with Crippen LogP contribution < -0.4 is 26.0 Å². The minimum absolute atomic E-state index is 0.0210. The number of halogens is 1. The summed E-state index contributed by atoms with van der Waals surface area (Å²) in [7, 11) is 6.64. The second-order valence-corrected chi connectivity index (χ2v) is 21.5. The third kappa shape index (κ3) is 18.4. The number of ketones is 1. The number of nitrogens with one attached hydrogen (secondary N) is 4. The molecular formula is C52H76BrN7O12S. The minimum atomic E-state index is -0.937. The van der Waals surface area contributed by atoms with Gasteiger partial charge in [0.05, 0.1) is 28.7 Å². The van der Waals surface area contributed by atoms with Crippen molar-refractivity contribution in [3.05, 3.63) is 49.9 Å². The van der Waals surface area contributed by atoms with Gasteiger partial charge in [-0.05, 0) is 106 Å². The van der Waals surface area contributed by atoms with Crippen LogP contribution in [0.4, 0.5) is 5.69 Å². The van der Waals surface area contributed by atoms with Crippen LogP contribution in [-0.2, 0) is 54.3 Å². The van der Waals surface area contributed by atoms with Gasteiger partial charge in [-0.15, -0.1) is 11.3 Å². The number of aromatic nitrogens is 1. The number of hydrogen-bond acceptors (Lipinski definition) is 15. The number of hydrogen-bond donors (Lipinski definition) is 4. The predicted octanol–water partition coefficient (Wildman–Crippen LogP) is 6.44. The lowest BCUT2D eigenvalue weighted by atomic mass is 9.81. The van der Waals surface area contributed by atoms with Crippen molar-refractivity contribution in [2.45, 2.75) is 144 Å². The van der Waals surface area contributed by atoms with E-state index >= 15 is 0 Å². The molecule has 2 heterocycles. The Morgan fingerprint density at radius 3 is 2.21 bits per heavy atom. The Bertz CT molecular complexity index is 2350. The van der Waals surface area contributed by atoms with Crippen molar-refractivity contribution in [3.63, 3.8) is 0 Å². The largest absolute Gasteiger partial charge is 0.469 e. The highest BCUT2D eigenvalue weighted by Gasteiger charge is 2.39. The van der Waals surface area contributed by atoms with Crippen LogP contribution in [-0.4, -0.2) is 127 Å². The van der Waals surface area contributed by atoms with Gasteiger partial charge >= 0.3 is 17.9 Å². The van der Waals surface area contributed by atoms with Gasteiger partial charge in [-0.25, -0.2) is 4.98 Å². The van der Waals surface area contributed by atoms with Crippen molar-refractivity contribution in [1.29, 1.82) is 0 Å². The summed E-state index contributed by atoms with van der Waals surface area (Å²) >= 11 is 4.28. The summed E-state index contributed by atoms with van der Waals surface area (Å²) in [5.41, 5.74) is 0.159. The van der Waals surface area contributed by atoms with Crippen LogP contribution in [0.5, 0.6) is 5.75 Å². The van der Waals surface area contributed by atoms with E-state index in [1.54, 1.807) is 31.0 Å². The molecule has 73 heavy (non-hydrogen) atoms. The second-order valence-electron chi connectivity index (χ2n) is 19.8. The zero-order chi connectivity index (χ0) is 54.9. The van der Waals surface area contributed by atoms with Gasteiger partial charge in [0.15, 0.2) is 17.6 Å². The number of amides is 5. The topological polar surface area (TPSA) is 249 Å². The number of thiazole rings is 1. The molecule has 404 valence electrons. The fourth-order valence-corrected chi connectivity index (χ4v) is 9.24. The lowest BCUT2D eigenvalue weighted by Gasteiger charge is -2.38. The molecule has 5 amide bonds. The van der Waals surface area contributed by atoms with E-state index in [1.165, 1.54) is 32.4 Å². The zero-order valence-corrected chi connectivity index (χ0v) is 47.1. The summed E-state index contributed by atoms with van der Waals surface area (Å²) in [5, 5.41) is 13.0. The smallest absolute Gasteiger partial charge is 0.311 e. The van der Waals surface area contributed by atoms with Crippen LogP contribution in [0.1, 0.15) is 141 Å². The molecule has 6 atom stereocenters. The van der Waals surface area contributed by atoms with Gasteiger partial charge in [0.25, 0.3) is 11.8 Å². The Hall–Kier alpha value is -5.54. The van der Waals surface area contributed by atoms with Gasteiger partial charge in [-0.3, -0.25) is 48.1 Å². The van der Waals surface area contributed by atoms with Gasteiger partial charge < -0.3 is 40.4 Å². The number of ether oxygens (including phenoxy) is 3. The number of carbonyl (C=O) groups is 9. The Morgan fingerprint density at radius 2 is 1.60 bits per heavy atom. The number of Topliss-reactive ketones (excluding diaryl/α,β-unsaturated/α-hetero) is 1. The van der Waals surface area contributed by atoms with Gasteiger partial charge in [0, 0.05) is 81.7 Å². The van der Waals surface area contributed by atoms with Crippen molar-refractivity contribution in [2.75, 3.05) is 46.7 Å². The monoisotopic (exact) mass is 1100 g/mol. The van der Waals surface area contributed by atoms with Crippen molar-refractivity contribution in [2.24, 2.45) is 23.7 Å². The number of carbonyl (C=O) groups excluding carboxylic acids is 9. The van der Waals surface area contributed by atoms with E-state index in [2.05, 4.69) is 42.2 Å². The van der Waals surface area contributed by atoms with Crippen LogP contribution >= 0.6 is 27.3 Å². The van der Waals surface area contributed by atoms with E-state index in [1.807, 2.05) is 60.5 Å². The Balaban J connectivity index is 1.92. The van der Waals surface area contributed by atoms with E-state index in [9.17, 15) is 43.2 Å². The fraction of sp³-hybridized carbons (Fsp3) is 0.615. The Morgan fingerprint density at radius 1 is 0.959 bits per heavy atom. The SMILES string of the molecule is CC[C@H](C)[C@H](CC(=O)C(C)(C)N(C)C)C(=O)N(C)[C@H](C[C@@H](OC(C)=O)c1nc(C(=O)N[C@@H](Cc2ccc3c(c2)NC(=O)CCCNC(=O)/C(Br)=C(/C)C(=O)NCCCC(=O)O3)CC(C)C(=O)OC)cs1)C(C)C. The van der Waals surface area contributed by atoms with Crippen molar-refractivity contribution in [1.82, 2.24) is 30.7 Å². The summed E-state index contributed by atoms with van der Waals surface area (Å²) < 4.78 is 16.6. The van der Waals surface area contributed by atoms with E-state index < -0.39 is 77.1 Å². The molecule has 0 fully saturated rings. The molecule has 0 spiro atoms. The third-order valence-electron chi connectivity index (χ3n) is 13.4. The van der Waals surface area contributed by atoms with Crippen LogP contribution in [0.3, 0.4) is 0 Å². The van der Waals surface area contributed by atoms with Crippen molar-refractivity contribution in [3.8, 4) is 5.75 Å². The van der Waals surface area contributed by atoms with E-state index in [0.717, 1.165) is 11.3 Å². The summed E-state index contributed by atoms with van der Waals surface area (Å²) in [6.45, 7) is 16.2. The minimum Gasteiger partial charge on any atom is -0.469 e.